The normalized spacial score (nSPS) is 21.9. The van der Waals surface area contributed by atoms with Gasteiger partial charge < -0.3 is 10.1 Å². The number of carbonyl (C=O) groups excluding carboxylic acids is 2. The van der Waals surface area contributed by atoms with Gasteiger partial charge >= 0.3 is 12.0 Å². The van der Waals surface area contributed by atoms with E-state index in [9.17, 15) is 18.0 Å². The molecule has 1 fully saturated rings. The molecule has 0 radical (unpaired) electrons. The van der Waals surface area contributed by atoms with E-state index >= 15 is 0 Å². The van der Waals surface area contributed by atoms with Crippen molar-refractivity contribution in [2.45, 2.75) is 30.8 Å². The lowest BCUT2D eigenvalue weighted by Gasteiger charge is -2.41. The number of benzene rings is 2. The molecule has 2 aliphatic rings. The summed E-state index contributed by atoms with van der Waals surface area (Å²) in [6.07, 6.45) is 0. The Morgan fingerprint density at radius 3 is 2.31 bits per heavy atom. The number of rotatable bonds is 7. The van der Waals surface area contributed by atoms with Gasteiger partial charge in [-0.15, -0.1) is 0 Å². The molecule has 4 rings (SSSR count). The lowest BCUT2D eigenvalue weighted by Crippen LogP contribution is -2.56. The predicted molar refractivity (Wildman–Crippen MR) is 135 cm³/mol. The number of nitrogens with zero attached hydrogens (tertiary/aromatic N) is 3. The van der Waals surface area contributed by atoms with E-state index in [2.05, 4.69) is 10.2 Å². The number of urea groups is 1. The summed E-state index contributed by atoms with van der Waals surface area (Å²) in [4.78, 5) is 29.8. The first-order valence-electron chi connectivity index (χ1n) is 12.0. The fourth-order valence-electron chi connectivity index (χ4n) is 4.75. The van der Waals surface area contributed by atoms with Crippen LogP contribution in [-0.2, 0) is 19.6 Å². The summed E-state index contributed by atoms with van der Waals surface area (Å²) in [5.41, 5.74) is 1.72. The van der Waals surface area contributed by atoms with Crippen molar-refractivity contribution in [2.24, 2.45) is 0 Å². The number of sulfonamides is 1. The summed E-state index contributed by atoms with van der Waals surface area (Å²) >= 11 is 0. The van der Waals surface area contributed by atoms with Crippen LogP contribution in [0, 0.1) is 0 Å². The van der Waals surface area contributed by atoms with Crippen molar-refractivity contribution in [3.05, 3.63) is 77.5 Å². The van der Waals surface area contributed by atoms with Crippen molar-refractivity contribution in [3.63, 3.8) is 0 Å². The first kappa shape index (κ1) is 25.9. The van der Waals surface area contributed by atoms with Crippen molar-refractivity contribution >= 4 is 22.0 Å². The minimum Gasteiger partial charge on any atom is -0.463 e. The summed E-state index contributed by atoms with van der Waals surface area (Å²) in [7, 11) is -1.99. The molecule has 192 valence electrons. The summed E-state index contributed by atoms with van der Waals surface area (Å²) in [6, 6.07) is 16.5. The predicted octanol–water partition coefficient (Wildman–Crippen LogP) is 2.59. The number of hydrogen-bond acceptors (Lipinski definition) is 6. The largest absolute Gasteiger partial charge is 0.463 e. The molecular formula is C26H32N4O5S. The van der Waals surface area contributed by atoms with E-state index in [1.165, 1.54) is 9.21 Å². The van der Waals surface area contributed by atoms with Gasteiger partial charge in [-0.2, -0.15) is 4.31 Å². The second-order valence-corrected chi connectivity index (χ2v) is 10.8. The van der Waals surface area contributed by atoms with Crippen LogP contribution in [0.1, 0.15) is 25.5 Å². The highest BCUT2D eigenvalue weighted by molar-refractivity contribution is 7.89. The quantitative estimate of drug-likeness (QED) is 0.573. The zero-order valence-electron chi connectivity index (χ0n) is 20.8. The number of amides is 2. The van der Waals surface area contributed by atoms with E-state index in [1.54, 1.807) is 44.3 Å². The average molecular weight is 513 g/mol. The van der Waals surface area contributed by atoms with Crippen LogP contribution in [0.25, 0.3) is 0 Å². The van der Waals surface area contributed by atoms with Gasteiger partial charge in [-0.3, -0.25) is 9.80 Å². The lowest BCUT2D eigenvalue weighted by molar-refractivity contribution is -0.139. The molecule has 2 atom stereocenters. The highest BCUT2D eigenvalue weighted by atomic mass is 32.2. The number of piperazine rings is 1. The van der Waals surface area contributed by atoms with Gasteiger partial charge in [-0.25, -0.2) is 18.0 Å². The van der Waals surface area contributed by atoms with Gasteiger partial charge in [0.1, 0.15) is 0 Å². The molecule has 0 bridgehead atoms. The fourth-order valence-corrected chi connectivity index (χ4v) is 6.38. The Morgan fingerprint density at radius 1 is 1.06 bits per heavy atom. The van der Waals surface area contributed by atoms with Crippen LogP contribution in [0.4, 0.5) is 4.79 Å². The molecule has 10 heteroatoms. The number of hydrogen-bond donors (Lipinski definition) is 1. The third kappa shape index (κ3) is 5.16. The Hall–Kier alpha value is -3.21. The van der Waals surface area contributed by atoms with Gasteiger partial charge in [-0.05, 0) is 31.5 Å². The molecule has 0 aliphatic carbocycles. The molecule has 36 heavy (non-hydrogen) atoms. The number of carbonyl (C=O) groups is 2. The van der Waals surface area contributed by atoms with Gasteiger partial charge in [0.05, 0.1) is 23.1 Å². The van der Waals surface area contributed by atoms with Crippen LogP contribution in [0.2, 0.25) is 0 Å². The van der Waals surface area contributed by atoms with E-state index in [0.717, 1.165) is 5.56 Å². The molecule has 2 amide bonds. The Kier molecular flexibility index (Phi) is 7.77. The highest BCUT2D eigenvalue weighted by Crippen LogP contribution is 2.32. The van der Waals surface area contributed by atoms with Crippen molar-refractivity contribution in [1.29, 1.82) is 0 Å². The van der Waals surface area contributed by atoms with Gasteiger partial charge in [0.2, 0.25) is 10.0 Å². The number of likely N-dealkylation sites (N-methyl/N-ethyl adjacent to an activating group) is 1. The van der Waals surface area contributed by atoms with Crippen LogP contribution >= 0.6 is 0 Å². The highest BCUT2D eigenvalue weighted by Gasteiger charge is 2.39. The molecule has 2 aromatic carbocycles. The molecule has 1 saturated heterocycles. The molecule has 0 spiro atoms. The summed E-state index contributed by atoms with van der Waals surface area (Å²) < 4.78 is 33.3. The molecule has 1 N–H and O–H groups in total. The van der Waals surface area contributed by atoms with Crippen LogP contribution in [-0.4, -0.2) is 80.4 Å². The van der Waals surface area contributed by atoms with Crippen molar-refractivity contribution < 1.29 is 22.7 Å². The Bertz CT molecular complexity index is 1230. The monoisotopic (exact) mass is 512 g/mol. The summed E-state index contributed by atoms with van der Waals surface area (Å²) in [5.74, 6) is -0.480. The van der Waals surface area contributed by atoms with E-state index in [1.807, 2.05) is 37.3 Å². The Labute approximate surface area is 212 Å². The lowest BCUT2D eigenvalue weighted by atomic mass is 9.94. The first-order valence-corrected chi connectivity index (χ1v) is 13.5. The number of esters is 1. The first-order chi connectivity index (χ1) is 17.2. The topological polar surface area (TPSA) is 99.3 Å². The molecule has 0 aromatic heterocycles. The molecule has 2 heterocycles. The van der Waals surface area contributed by atoms with Gasteiger partial charge in [0.25, 0.3) is 0 Å². The van der Waals surface area contributed by atoms with Crippen LogP contribution < -0.4 is 5.32 Å². The van der Waals surface area contributed by atoms with E-state index in [4.69, 9.17) is 4.74 Å². The third-order valence-electron chi connectivity index (χ3n) is 6.58. The smallest absolute Gasteiger partial charge is 0.338 e. The molecular weight excluding hydrogens is 480 g/mol. The van der Waals surface area contributed by atoms with Crippen LogP contribution in [0.3, 0.4) is 0 Å². The van der Waals surface area contributed by atoms with Crippen LogP contribution in [0.5, 0.6) is 0 Å². The zero-order chi connectivity index (χ0) is 25.9. The molecule has 9 nitrogen and oxygen atoms in total. The second-order valence-electron chi connectivity index (χ2n) is 8.95. The van der Waals surface area contributed by atoms with Crippen molar-refractivity contribution in [2.75, 3.05) is 39.8 Å². The van der Waals surface area contributed by atoms with Gasteiger partial charge in [-0.1, -0.05) is 48.5 Å². The van der Waals surface area contributed by atoms with Gasteiger partial charge in [0.15, 0.2) is 0 Å². The second kappa shape index (κ2) is 10.8. The van der Waals surface area contributed by atoms with E-state index in [0.29, 0.717) is 37.4 Å². The minimum absolute atomic E-state index is 0.210. The van der Waals surface area contributed by atoms with Crippen molar-refractivity contribution in [3.8, 4) is 0 Å². The van der Waals surface area contributed by atoms with E-state index < -0.39 is 22.0 Å². The standard InChI is InChI=1S/C26H32N4O5S/c1-4-35-25(31)23-22(28(3)26(32)27-24(23)20-11-7-5-8-12-20)18-29-15-16-30(19(2)17-29)36(33,34)21-13-9-6-10-14-21/h5-14,19,24H,4,15-18H2,1-3H3,(H,27,32). The summed E-state index contributed by atoms with van der Waals surface area (Å²) in [6.45, 7) is 5.36. The minimum atomic E-state index is -3.62. The maximum absolute atomic E-state index is 13.2. The fraction of sp³-hybridized carbons (Fsp3) is 0.385. The van der Waals surface area contributed by atoms with E-state index in [-0.39, 0.29) is 23.6 Å². The van der Waals surface area contributed by atoms with Crippen LogP contribution in [0.15, 0.2) is 76.8 Å². The maximum atomic E-state index is 13.2. The SMILES string of the molecule is CCOC(=O)C1=C(CN2CCN(S(=O)(=O)c3ccccc3)C(C)C2)N(C)C(=O)NC1c1ccccc1. The maximum Gasteiger partial charge on any atom is 0.338 e. The molecule has 2 aromatic rings. The number of nitrogens with one attached hydrogen (secondary N) is 1. The molecule has 2 unspecified atom stereocenters. The third-order valence-corrected chi connectivity index (χ3v) is 8.61. The summed E-state index contributed by atoms with van der Waals surface area (Å²) in [5, 5.41) is 2.92. The Morgan fingerprint density at radius 2 is 1.69 bits per heavy atom. The molecule has 2 aliphatic heterocycles. The van der Waals surface area contributed by atoms with Crippen molar-refractivity contribution in [1.82, 2.24) is 19.4 Å². The average Bonchev–Trinajstić information content (AvgIpc) is 2.87. The number of ether oxygens (including phenoxy) is 1. The Balaban J connectivity index is 1.62. The zero-order valence-corrected chi connectivity index (χ0v) is 21.6. The van der Waals surface area contributed by atoms with Gasteiger partial charge in [0, 0.05) is 45.0 Å². The molecule has 0 saturated carbocycles.